The molecule has 1 N–H and O–H groups in total. The number of hydrogen-bond acceptors (Lipinski definition) is 6. The number of anilines is 1. The Balaban J connectivity index is 1.85. The minimum Gasteiger partial charge on any atom is -0.489 e. The summed E-state index contributed by atoms with van der Waals surface area (Å²) in [6, 6.07) is 6.37. The Morgan fingerprint density at radius 2 is 2.04 bits per heavy atom. The summed E-state index contributed by atoms with van der Waals surface area (Å²) in [7, 11) is 0. The van der Waals surface area contributed by atoms with E-state index in [4.69, 9.17) is 9.47 Å². The fourth-order valence-corrected chi connectivity index (χ4v) is 3.29. The van der Waals surface area contributed by atoms with Crippen molar-refractivity contribution in [2.75, 3.05) is 18.5 Å². The van der Waals surface area contributed by atoms with Crippen molar-refractivity contribution in [1.82, 2.24) is 15.0 Å². The molecule has 0 saturated heterocycles. The molecule has 0 amide bonds. The molecule has 0 saturated carbocycles. The summed E-state index contributed by atoms with van der Waals surface area (Å²) in [5.41, 5.74) is 0.943. The molecule has 1 aliphatic rings. The number of ether oxygens (including phenoxy) is 2. The van der Waals surface area contributed by atoms with Crippen molar-refractivity contribution >= 4 is 32.8 Å². The molecule has 1 aromatic carbocycles. The molecule has 6 nitrogen and oxygen atoms in total. The highest BCUT2D eigenvalue weighted by Gasteiger charge is 2.23. The second-order valence-corrected chi connectivity index (χ2v) is 6.92. The van der Waals surface area contributed by atoms with Crippen molar-refractivity contribution in [1.29, 1.82) is 0 Å². The summed E-state index contributed by atoms with van der Waals surface area (Å²) >= 11 is 3.39. The van der Waals surface area contributed by atoms with Gasteiger partial charge in [-0.1, -0.05) is 12.1 Å². The minimum absolute atomic E-state index is 0.0912. The highest BCUT2D eigenvalue weighted by atomic mass is 79.9. The van der Waals surface area contributed by atoms with Gasteiger partial charge in [-0.15, -0.1) is 0 Å². The minimum atomic E-state index is -2.64. The van der Waals surface area contributed by atoms with Gasteiger partial charge in [0.15, 0.2) is 5.65 Å². The maximum Gasteiger partial charge on any atom is 0.320 e. The molecule has 1 aliphatic heterocycles. The first-order chi connectivity index (χ1) is 13.0. The fourth-order valence-electron chi connectivity index (χ4n) is 2.95. The maximum absolute atomic E-state index is 13.4. The fraction of sp³-hybridized carbons (Fsp3) is 0.278. The van der Waals surface area contributed by atoms with Crippen LogP contribution in [0.5, 0.6) is 11.8 Å². The predicted octanol–water partition coefficient (Wildman–Crippen LogP) is 4.67. The number of nitrogens with zero attached hydrogens (tertiary/aromatic N) is 3. The first-order valence-electron chi connectivity index (χ1n) is 8.29. The molecular weight excluding hydrogens is 422 g/mol. The molecule has 1 atom stereocenters. The van der Waals surface area contributed by atoms with Crippen LogP contribution < -0.4 is 14.8 Å². The van der Waals surface area contributed by atoms with E-state index in [2.05, 4.69) is 36.2 Å². The van der Waals surface area contributed by atoms with E-state index in [0.717, 1.165) is 4.47 Å². The SMILES string of the molecule is C[C@H]1Nc2nc(nc3ncc(Br)cc23)OCCOc2c(C(F)F)cccc21. The van der Waals surface area contributed by atoms with Crippen molar-refractivity contribution in [3.63, 3.8) is 0 Å². The Morgan fingerprint density at radius 1 is 1.22 bits per heavy atom. The second kappa shape index (κ2) is 7.22. The molecule has 3 aromatic rings. The van der Waals surface area contributed by atoms with Gasteiger partial charge >= 0.3 is 6.01 Å². The van der Waals surface area contributed by atoms with E-state index in [1.807, 2.05) is 13.0 Å². The summed E-state index contributed by atoms with van der Waals surface area (Å²) < 4.78 is 38.9. The normalized spacial score (nSPS) is 16.7. The summed E-state index contributed by atoms with van der Waals surface area (Å²) in [4.78, 5) is 13.0. The first kappa shape index (κ1) is 17.8. The Bertz CT molecular complexity index is 1000. The average molecular weight is 437 g/mol. The molecule has 3 heterocycles. The van der Waals surface area contributed by atoms with Crippen LogP contribution in [-0.2, 0) is 0 Å². The van der Waals surface area contributed by atoms with E-state index >= 15 is 0 Å². The van der Waals surface area contributed by atoms with Crippen LogP contribution in [0.15, 0.2) is 34.9 Å². The van der Waals surface area contributed by atoms with Gasteiger partial charge in [0, 0.05) is 16.2 Å². The van der Waals surface area contributed by atoms with Crippen LogP contribution in [0.2, 0.25) is 0 Å². The number of alkyl halides is 2. The molecule has 27 heavy (non-hydrogen) atoms. The van der Waals surface area contributed by atoms with Gasteiger partial charge in [-0.05, 0) is 35.0 Å². The summed E-state index contributed by atoms with van der Waals surface area (Å²) in [5.74, 6) is 0.675. The lowest BCUT2D eigenvalue weighted by atomic mass is 10.0. The summed E-state index contributed by atoms with van der Waals surface area (Å²) in [5, 5.41) is 3.95. The van der Waals surface area contributed by atoms with Gasteiger partial charge in [0.05, 0.1) is 17.0 Å². The quantitative estimate of drug-likeness (QED) is 0.597. The molecule has 0 unspecified atom stereocenters. The predicted molar refractivity (Wildman–Crippen MR) is 99.5 cm³/mol. The Kier molecular flexibility index (Phi) is 4.77. The topological polar surface area (TPSA) is 69.2 Å². The number of benzene rings is 1. The van der Waals surface area contributed by atoms with Crippen LogP contribution in [0.1, 0.15) is 30.5 Å². The maximum atomic E-state index is 13.4. The number of halogens is 3. The van der Waals surface area contributed by atoms with Gasteiger partial charge in [-0.2, -0.15) is 9.97 Å². The van der Waals surface area contributed by atoms with Crippen LogP contribution in [-0.4, -0.2) is 28.2 Å². The summed E-state index contributed by atoms with van der Waals surface area (Å²) in [6.45, 7) is 2.07. The zero-order chi connectivity index (χ0) is 19.0. The van der Waals surface area contributed by atoms with Gasteiger partial charge in [-0.25, -0.2) is 13.8 Å². The third-order valence-electron chi connectivity index (χ3n) is 4.19. The lowest BCUT2D eigenvalue weighted by Crippen LogP contribution is -2.13. The lowest BCUT2D eigenvalue weighted by Gasteiger charge is -2.20. The molecule has 0 spiro atoms. The number of fused-ring (bicyclic) bond motifs is 5. The van der Waals surface area contributed by atoms with Crippen LogP contribution in [0.4, 0.5) is 14.6 Å². The molecule has 0 radical (unpaired) electrons. The number of pyridine rings is 1. The van der Waals surface area contributed by atoms with Crippen LogP contribution in [0, 0.1) is 0 Å². The van der Waals surface area contributed by atoms with Crippen molar-refractivity contribution in [3.05, 3.63) is 46.1 Å². The highest BCUT2D eigenvalue weighted by Crippen LogP contribution is 2.37. The number of rotatable bonds is 1. The van der Waals surface area contributed by atoms with Crippen molar-refractivity contribution in [3.8, 4) is 11.8 Å². The van der Waals surface area contributed by atoms with Gasteiger partial charge in [0.25, 0.3) is 6.43 Å². The lowest BCUT2D eigenvalue weighted by molar-refractivity contribution is 0.141. The van der Waals surface area contributed by atoms with Crippen LogP contribution >= 0.6 is 15.9 Å². The van der Waals surface area contributed by atoms with Crippen LogP contribution in [0.25, 0.3) is 11.0 Å². The largest absolute Gasteiger partial charge is 0.489 e. The van der Waals surface area contributed by atoms with Gasteiger partial charge < -0.3 is 14.8 Å². The Hall–Kier alpha value is -2.55. The number of nitrogens with one attached hydrogen (secondary N) is 1. The molecule has 0 fully saturated rings. The molecule has 140 valence electrons. The first-order valence-corrected chi connectivity index (χ1v) is 9.08. The van der Waals surface area contributed by atoms with Crippen molar-refractivity contribution < 1.29 is 18.3 Å². The van der Waals surface area contributed by atoms with E-state index in [1.54, 1.807) is 18.3 Å². The van der Waals surface area contributed by atoms with E-state index in [9.17, 15) is 8.78 Å². The van der Waals surface area contributed by atoms with E-state index in [1.165, 1.54) is 6.07 Å². The van der Waals surface area contributed by atoms with Crippen LogP contribution in [0.3, 0.4) is 0 Å². The number of hydrogen-bond donors (Lipinski definition) is 1. The Labute approximate surface area is 162 Å². The van der Waals surface area contributed by atoms with Gasteiger partial charge in [0.1, 0.15) is 24.8 Å². The molecule has 9 heteroatoms. The van der Waals surface area contributed by atoms with E-state index in [0.29, 0.717) is 22.4 Å². The highest BCUT2D eigenvalue weighted by molar-refractivity contribution is 9.10. The Morgan fingerprint density at radius 3 is 2.85 bits per heavy atom. The molecule has 0 aliphatic carbocycles. The third kappa shape index (κ3) is 3.51. The van der Waals surface area contributed by atoms with Crippen molar-refractivity contribution in [2.45, 2.75) is 19.4 Å². The zero-order valence-electron chi connectivity index (χ0n) is 14.2. The van der Waals surface area contributed by atoms with Gasteiger partial charge in [0.2, 0.25) is 0 Å². The molecular formula is C18H15BrF2N4O2. The smallest absolute Gasteiger partial charge is 0.320 e. The average Bonchev–Trinajstić information content (AvgIpc) is 2.67. The van der Waals surface area contributed by atoms with E-state index < -0.39 is 6.43 Å². The number of aromatic nitrogens is 3. The second-order valence-electron chi connectivity index (χ2n) is 6.01. The standard InChI is InChI=1S/C18H15BrF2N4O2/c1-9-11-3-2-4-12(15(20)21)14(11)26-5-6-27-18-24-16-13(17(23-9)25-18)7-10(19)8-22-16/h2-4,7-9,15H,5-6H2,1H3,(H,22,23,24,25)/t9-/m1/s1. The third-order valence-corrected chi connectivity index (χ3v) is 4.62. The monoisotopic (exact) mass is 436 g/mol. The summed E-state index contributed by atoms with van der Waals surface area (Å²) in [6.07, 6.45) is -1.00. The van der Waals surface area contributed by atoms with Gasteiger partial charge in [-0.3, -0.25) is 0 Å². The molecule has 4 rings (SSSR count). The molecule has 2 bridgehead atoms. The molecule has 2 aromatic heterocycles. The van der Waals surface area contributed by atoms with Crippen molar-refractivity contribution in [2.24, 2.45) is 0 Å². The zero-order valence-corrected chi connectivity index (χ0v) is 15.8. The number of para-hydroxylation sites is 1. The van der Waals surface area contributed by atoms with E-state index in [-0.39, 0.29) is 36.6 Å².